The van der Waals surface area contributed by atoms with E-state index < -0.39 is 47.7 Å². The van der Waals surface area contributed by atoms with Crippen LogP contribution in [0.1, 0.15) is 69.5 Å². The molecule has 256 valence electrons. The average molecular weight is 652 g/mol. The molecule has 2 bridgehead atoms. The minimum atomic E-state index is -1.21. The zero-order valence-corrected chi connectivity index (χ0v) is 27.4. The highest BCUT2D eigenvalue weighted by atomic mass is 16.6. The summed E-state index contributed by atoms with van der Waals surface area (Å²) in [7, 11) is 1.51. The van der Waals surface area contributed by atoms with Crippen LogP contribution in [0, 0.1) is 11.8 Å². The molecule has 1 aromatic carbocycles. The summed E-state index contributed by atoms with van der Waals surface area (Å²) in [4.78, 5) is 59.1. The third-order valence-electron chi connectivity index (χ3n) is 10.3. The first-order valence-corrected chi connectivity index (χ1v) is 17.0. The van der Waals surface area contributed by atoms with Crippen molar-refractivity contribution >= 4 is 23.7 Å². The predicted molar refractivity (Wildman–Crippen MR) is 174 cm³/mol. The Hall–Kier alpha value is -3.54. The summed E-state index contributed by atoms with van der Waals surface area (Å²) in [6, 6.07) is 7.46. The van der Waals surface area contributed by atoms with E-state index in [9.17, 15) is 24.3 Å². The number of ether oxygens (including phenoxy) is 3. The molecule has 1 aliphatic carbocycles. The lowest BCUT2D eigenvalue weighted by molar-refractivity contribution is -0.163. The molecule has 4 fully saturated rings. The molecule has 3 aliphatic heterocycles. The van der Waals surface area contributed by atoms with E-state index in [1.807, 2.05) is 35.2 Å². The summed E-state index contributed by atoms with van der Waals surface area (Å²) in [5.74, 6) is -3.36. The number of benzene rings is 1. The normalized spacial score (nSPS) is 28.0. The summed E-state index contributed by atoms with van der Waals surface area (Å²) in [5, 5.41) is 13.0. The smallest absolute Gasteiger partial charge is 0.313 e. The molecule has 11 heteroatoms. The standard InChI is InChI=1S/C36H49N3O8/c1-4-6-17-28(41)37-26(23-45-3)31(24-13-9-7-10-14-24)46-35(44)29-27-18-19-36(47-27)30(29)33(42)39(21-22-40)32(36)34(43)38(20-5-2)25-15-11-8-12-16-25/h4-5,7,9-10,13-14,25-27,29-32,40H,1-2,6,8,11-12,15-23H2,3H3,(H,37,41)/t26-,27-,29+,30+,31-,32-,36+/m1/s1. The van der Waals surface area contributed by atoms with Crippen LogP contribution in [0.2, 0.25) is 0 Å². The van der Waals surface area contributed by atoms with E-state index >= 15 is 0 Å². The Morgan fingerprint density at radius 2 is 1.89 bits per heavy atom. The van der Waals surface area contributed by atoms with Crippen molar-refractivity contribution in [2.75, 3.05) is 33.4 Å². The number of methoxy groups -OCH3 is 1. The number of amides is 3. The van der Waals surface area contributed by atoms with Crippen LogP contribution >= 0.6 is 0 Å². The molecule has 5 rings (SSSR count). The fourth-order valence-corrected chi connectivity index (χ4v) is 8.28. The number of aliphatic hydroxyl groups excluding tert-OH is 1. The number of rotatable bonds is 16. The van der Waals surface area contributed by atoms with E-state index in [1.165, 1.54) is 12.0 Å². The van der Waals surface area contributed by atoms with Gasteiger partial charge >= 0.3 is 5.97 Å². The molecule has 1 saturated carbocycles. The molecule has 47 heavy (non-hydrogen) atoms. The zero-order chi connectivity index (χ0) is 33.6. The first-order chi connectivity index (χ1) is 22.8. The van der Waals surface area contributed by atoms with Gasteiger partial charge in [-0.1, -0.05) is 61.7 Å². The van der Waals surface area contributed by atoms with E-state index in [0.717, 1.165) is 32.1 Å². The average Bonchev–Trinajstić information content (AvgIpc) is 3.73. The second-order valence-electron chi connectivity index (χ2n) is 13.1. The number of aliphatic hydroxyl groups is 1. The Bertz CT molecular complexity index is 1300. The van der Waals surface area contributed by atoms with Gasteiger partial charge in [-0.15, -0.1) is 13.2 Å². The van der Waals surface area contributed by atoms with Gasteiger partial charge < -0.3 is 34.4 Å². The molecular weight excluding hydrogens is 602 g/mol. The highest BCUT2D eigenvalue weighted by Crippen LogP contribution is 2.59. The van der Waals surface area contributed by atoms with E-state index in [0.29, 0.717) is 31.4 Å². The fraction of sp³-hybridized carbons (Fsp3) is 0.611. The Labute approximate surface area is 277 Å². The Balaban J connectivity index is 1.45. The van der Waals surface area contributed by atoms with Crippen LogP contribution in [0.5, 0.6) is 0 Å². The van der Waals surface area contributed by atoms with Crippen LogP contribution in [0.15, 0.2) is 55.6 Å². The molecule has 4 aliphatic rings. The molecule has 7 atom stereocenters. The highest BCUT2D eigenvalue weighted by molar-refractivity contribution is 5.98. The lowest BCUT2D eigenvalue weighted by Gasteiger charge is -2.40. The maximum Gasteiger partial charge on any atom is 0.313 e. The Morgan fingerprint density at radius 1 is 1.15 bits per heavy atom. The molecular formula is C36H49N3O8. The summed E-state index contributed by atoms with van der Waals surface area (Å²) < 4.78 is 18.3. The van der Waals surface area contributed by atoms with Crippen LogP contribution in [-0.4, -0.2) is 102 Å². The number of likely N-dealkylation sites (tertiary alicyclic amines) is 1. The van der Waals surface area contributed by atoms with Gasteiger partial charge in [-0.05, 0) is 37.7 Å². The Morgan fingerprint density at radius 3 is 2.55 bits per heavy atom. The van der Waals surface area contributed by atoms with Crippen molar-refractivity contribution < 1.29 is 38.5 Å². The molecule has 0 radical (unpaired) electrons. The van der Waals surface area contributed by atoms with Crippen LogP contribution in [0.3, 0.4) is 0 Å². The maximum absolute atomic E-state index is 14.5. The van der Waals surface area contributed by atoms with Gasteiger partial charge in [0.25, 0.3) is 0 Å². The van der Waals surface area contributed by atoms with E-state index in [2.05, 4.69) is 18.5 Å². The SMILES string of the molecule is C=CCCC(=O)N[C@H](COC)[C@H](OC(=O)[C@@H]1[C@H]2C(=O)N(CCO)[C@H](C(=O)N(CC=C)C3CCCCC3)[C@]23CC[C@H]1O3)c1ccccc1. The van der Waals surface area contributed by atoms with Gasteiger partial charge in [-0.25, -0.2) is 0 Å². The third-order valence-corrected chi connectivity index (χ3v) is 10.3. The van der Waals surface area contributed by atoms with Crippen molar-refractivity contribution in [2.24, 2.45) is 11.8 Å². The molecule has 2 N–H and O–H groups in total. The number of nitrogens with zero attached hydrogens (tertiary/aromatic N) is 2. The number of hydrogen-bond donors (Lipinski definition) is 2. The van der Waals surface area contributed by atoms with Crippen molar-refractivity contribution in [3.05, 3.63) is 61.2 Å². The van der Waals surface area contributed by atoms with Gasteiger partial charge in [0.2, 0.25) is 17.7 Å². The summed E-state index contributed by atoms with van der Waals surface area (Å²) in [6.45, 7) is 7.61. The molecule has 0 aromatic heterocycles. The molecule has 1 aromatic rings. The molecule has 1 spiro atoms. The van der Waals surface area contributed by atoms with Crippen molar-refractivity contribution in [1.29, 1.82) is 0 Å². The highest BCUT2D eigenvalue weighted by Gasteiger charge is 2.75. The lowest BCUT2D eigenvalue weighted by atomic mass is 9.70. The molecule has 3 saturated heterocycles. The quantitative estimate of drug-likeness (QED) is 0.206. The molecule has 11 nitrogen and oxygen atoms in total. The number of nitrogens with one attached hydrogen (secondary N) is 1. The van der Waals surface area contributed by atoms with Crippen LogP contribution in [0.25, 0.3) is 0 Å². The van der Waals surface area contributed by atoms with Crippen LogP contribution in [0.4, 0.5) is 0 Å². The number of fused-ring (bicyclic) bond motifs is 1. The van der Waals surface area contributed by atoms with Crippen molar-refractivity contribution in [3.63, 3.8) is 0 Å². The van der Waals surface area contributed by atoms with Gasteiger partial charge in [-0.3, -0.25) is 19.2 Å². The van der Waals surface area contributed by atoms with Gasteiger partial charge in [0, 0.05) is 32.7 Å². The lowest BCUT2D eigenvalue weighted by Crippen LogP contribution is -2.58. The van der Waals surface area contributed by atoms with Crippen LogP contribution in [-0.2, 0) is 33.4 Å². The summed E-state index contributed by atoms with van der Waals surface area (Å²) >= 11 is 0. The van der Waals surface area contributed by atoms with Gasteiger partial charge in [0.05, 0.1) is 37.2 Å². The first-order valence-electron chi connectivity index (χ1n) is 17.0. The molecule has 0 unspecified atom stereocenters. The summed E-state index contributed by atoms with van der Waals surface area (Å²) in [6.07, 6.45) is 8.41. The van der Waals surface area contributed by atoms with E-state index in [-0.39, 0.29) is 49.9 Å². The minimum absolute atomic E-state index is 0.0289. The monoisotopic (exact) mass is 651 g/mol. The Kier molecular flexibility index (Phi) is 11.5. The molecule has 3 amide bonds. The number of β-amino-alcohol motifs (C(OH)–C–C–N with tert-alkyl or cyclic N) is 1. The van der Waals surface area contributed by atoms with E-state index in [4.69, 9.17) is 14.2 Å². The van der Waals surface area contributed by atoms with Gasteiger partial charge in [0.1, 0.15) is 17.7 Å². The fourth-order valence-electron chi connectivity index (χ4n) is 8.28. The van der Waals surface area contributed by atoms with Gasteiger partial charge in [0.15, 0.2) is 0 Å². The summed E-state index contributed by atoms with van der Waals surface area (Å²) in [5.41, 5.74) is -0.551. The largest absolute Gasteiger partial charge is 0.455 e. The van der Waals surface area contributed by atoms with Crippen molar-refractivity contribution in [2.45, 2.75) is 93.7 Å². The van der Waals surface area contributed by atoms with Crippen LogP contribution < -0.4 is 5.32 Å². The van der Waals surface area contributed by atoms with Crippen molar-refractivity contribution in [3.8, 4) is 0 Å². The topological polar surface area (TPSA) is 135 Å². The zero-order valence-electron chi connectivity index (χ0n) is 27.4. The maximum atomic E-state index is 14.5. The minimum Gasteiger partial charge on any atom is -0.455 e. The van der Waals surface area contributed by atoms with Crippen molar-refractivity contribution in [1.82, 2.24) is 15.1 Å². The number of esters is 1. The number of carbonyl (C=O) groups is 4. The molecule has 3 heterocycles. The second kappa shape index (κ2) is 15.6. The number of allylic oxidation sites excluding steroid dienone is 1. The third kappa shape index (κ3) is 6.89. The first kappa shape index (κ1) is 34.8. The number of hydrogen-bond acceptors (Lipinski definition) is 8. The number of carbonyl (C=O) groups excluding carboxylic acids is 4. The van der Waals surface area contributed by atoms with E-state index in [1.54, 1.807) is 12.2 Å². The predicted octanol–water partition coefficient (Wildman–Crippen LogP) is 3.08. The second-order valence-corrected chi connectivity index (χ2v) is 13.1. The van der Waals surface area contributed by atoms with Gasteiger partial charge in [-0.2, -0.15) is 0 Å².